The number of nitrogens with zero attached hydrogens (tertiary/aromatic N) is 1. The van der Waals surface area contributed by atoms with Crippen LogP contribution in [-0.4, -0.2) is 10.9 Å². The number of hydrogen-bond acceptors (Lipinski definition) is 4. The van der Waals surface area contributed by atoms with Crippen molar-refractivity contribution in [2.24, 2.45) is 0 Å². The summed E-state index contributed by atoms with van der Waals surface area (Å²) in [5.41, 5.74) is 0.916. The molecule has 0 amide bonds. The van der Waals surface area contributed by atoms with Crippen LogP contribution in [0.2, 0.25) is 0 Å². The molecule has 5 nitrogen and oxygen atoms in total. The first-order chi connectivity index (χ1) is 10.1. The lowest BCUT2D eigenvalue weighted by Crippen LogP contribution is -2.08. The van der Waals surface area contributed by atoms with Crippen LogP contribution in [0, 0.1) is 10.1 Å². The largest absolute Gasteiger partial charge is 0.423 e. The van der Waals surface area contributed by atoms with E-state index in [1.807, 2.05) is 6.07 Å². The molecule has 2 aromatic carbocycles. The Labute approximate surface area is 121 Å². The molecular weight excluding hydrogens is 270 g/mol. The van der Waals surface area contributed by atoms with Gasteiger partial charge in [-0.05, 0) is 30.7 Å². The maximum absolute atomic E-state index is 11.9. The highest BCUT2D eigenvalue weighted by Crippen LogP contribution is 2.17. The molecule has 0 aromatic heterocycles. The van der Waals surface area contributed by atoms with E-state index in [2.05, 4.69) is 0 Å². The number of carbonyl (C=O) groups is 1. The minimum absolute atomic E-state index is 0.0204. The second kappa shape index (κ2) is 6.47. The zero-order valence-corrected chi connectivity index (χ0v) is 11.4. The summed E-state index contributed by atoms with van der Waals surface area (Å²) in [7, 11) is 0. The zero-order valence-electron chi connectivity index (χ0n) is 11.4. The van der Waals surface area contributed by atoms with Crippen LogP contribution in [0.15, 0.2) is 60.2 Å². The highest BCUT2D eigenvalue weighted by molar-refractivity contribution is 5.94. The van der Waals surface area contributed by atoms with Gasteiger partial charge in [-0.25, -0.2) is 4.79 Å². The Kier molecular flexibility index (Phi) is 4.46. The summed E-state index contributed by atoms with van der Waals surface area (Å²) in [5, 5.41) is 10.7. The van der Waals surface area contributed by atoms with Gasteiger partial charge in [-0.15, -0.1) is 0 Å². The Hall–Kier alpha value is -2.95. The van der Waals surface area contributed by atoms with Gasteiger partial charge in [-0.1, -0.05) is 30.3 Å². The molecule has 2 rings (SSSR count). The summed E-state index contributed by atoms with van der Waals surface area (Å²) in [5.74, 6) is -0.0398. The van der Waals surface area contributed by atoms with Gasteiger partial charge in [0.25, 0.3) is 5.69 Å². The van der Waals surface area contributed by atoms with Gasteiger partial charge in [0.05, 0.1) is 4.92 Å². The van der Waals surface area contributed by atoms with Crippen LogP contribution in [0.3, 0.4) is 0 Å². The quantitative estimate of drug-likeness (QED) is 0.282. The molecule has 0 radical (unpaired) electrons. The topological polar surface area (TPSA) is 69.4 Å². The summed E-state index contributed by atoms with van der Waals surface area (Å²) >= 11 is 0. The molecule has 0 spiro atoms. The molecule has 0 aliphatic rings. The molecule has 2 aromatic rings. The summed E-state index contributed by atoms with van der Waals surface area (Å²) in [6.45, 7) is 1.60. The minimum Gasteiger partial charge on any atom is -0.423 e. The third kappa shape index (κ3) is 4.01. The first-order valence-corrected chi connectivity index (χ1v) is 6.26. The fourth-order valence-electron chi connectivity index (χ4n) is 1.71. The first-order valence-electron chi connectivity index (χ1n) is 6.26. The molecule has 21 heavy (non-hydrogen) atoms. The smallest absolute Gasteiger partial charge is 0.339 e. The van der Waals surface area contributed by atoms with E-state index in [1.165, 1.54) is 12.1 Å². The molecule has 0 N–H and O–H groups in total. The molecule has 0 atom stereocenters. The van der Waals surface area contributed by atoms with Gasteiger partial charge in [0.1, 0.15) is 5.75 Å². The second-order valence-electron chi connectivity index (χ2n) is 4.38. The predicted molar refractivity (Wildman–Crippen MR) is 78.8 cm³/mol. The van der Waals surface area contributed by atoms with Crippen molar-refractivity contribution < 1.29 is 14.5 Å². The number of non-ortho nitro benzene ring substituents is 1. The van der Waals surface area contributed by atoms with Crippen LogP contribution in [0.5, 0.6) is 5.75 Å². The Bertz CT molecular complexity index is 692. The Balaban J connectivity index is 2.15. The van der Waals surface area contributed by atoms with Crippen LogP contribution >= 0.6 is 0 Å². The van der Waals surface area contributed by atoms with Crippen LogP contribution in [0.1, 0.15) is 12.5 Å². The number of para-hydroxylation sites is 1. The SMILES string of the molecule is C/C(=C\c1cccc([N+](=O)[O-])c1)C(=O)Oc1ccccc1. The first kappa shape index (κ1) is 14.5. The maximum atomic E-state index is 11.9. The average Bonchev–Trinajstić information content (AvgIpc) is 2.48. The number of benzene rings is 2. The highest BCUT2D eigenvalue weighted by Gasteiger charge is 2.09. The van der Waals surface area contributed by atoms with Crippen molar-refractivity contribution in [3.05, 3.63) is 75.8 Å². The van der Waals surface area contributed by atoms with E-state index in [1.54, 1.807) is 49.4 Å². The van der Waals surface area contributed by atoms with Gasteiger partial charge in [-0.3, -0.25) is 10.1 Å². The second-order valence-corrected chi connectivity index (χ2v) is 4.38. The van der Waals surface area contributed by atoms with E-state index in [-0.39, 0.29) is 5.69 Å². The van der Waals surface area contributed by atoms with Gasteiger partial charge in [0.15, 0.2) is 0 Å². The average molecular weight is 283 g/mol. The standard InChI is InChI=1S/C16H13NO4/c1-12(16(18)21-15-8-3-2-4-9-15)10-13-6-5-7-14(11-13)17(19)20/h2-11H,1H3/b12-10+. The fourth-order valence-corrected chi connectivity index (χ4v) is 1.71. The summed E-state index contributed by atoms with van der Waals surface area (Å²) in [6, 6.07) is 14.8. The lowest BCUT2D eigenvalue weighted by molar-refractivity contribution is -0.384. The third-order valence-electron chi connectivity index (χ3n) is 2.74. The Morgan fingerprint density at radius 1 is 1.14 bits per heavy atom. The van der Waals surface area contributed by atoms with Gasteiger partial charge in [0, 0.05) is 17.7 Å². The molecular formula is C16H13NO4. The molecule has 0 aliphatic heterocycles. The minimum atomic E-state index is -0.493. The molecule has 0 saturated heterocycles. The monoisotopic (exact) mass is 283 g/mol. The highest BCUT2D eigenvalue weighted by atomic mass is 16.6. The summed E-state index contributed by atoms with van der Waals surface area (Å²) in [4.78, 5) is 22.1. The number of ether oxygens (including phenoxy) is 1. The number of hydrogen-bond donors (Lipinski definition) is 0. The van der Waals surface area contributed by atoms with Crippen LogP contribution in [0.4, 0.5) is 5.69 Å². The van der Waals surface area contributed by atoms with Crippen LogP contribution < -0.4 is 4.74 Å². The number of esters is 1. The van der Waals surface area contributed by atoms with Gasteiger partial charge < -0.3 is 4.74 Å². The van der Waals surface area contributed by atoms with E-state index in [4.69, 9.17) is 4.74 Å². The van der Waals surface area contributed by atoms with Gasteiger partial charge >= 0.3 is 5.97 Å². The zero-order chi connectivity index (χ0) is 15.2. The molecule has 0 fully saturated rings. The lowest BCUT2D eigenvalue weighted by Gasteiger charge is -2.04. The van der Waals surface area contributed by atoms with Crippen molar-refractivity contribution in [3.8, 4) is 5.75 Å². The van der Waals surface area contributed by atoms with Crippen molar-refractivity contribution in [1.82, 2.24) is 0 Å². The summed E-state index contributed by atoms with van der Waals surface area (Å²) in [6.07, 6.45) is 1.55. The van der Waals surface area contributed by atoms with E-state index in [0.717, 1.165) is 0 Å². The Morgan fingerprint density at radius 2 is 1.86 bits per heavy atom. The maximum Gasteiger partial charge on any atom is 0.339 e. The van der Waals surface area contributed by atoms with Crippen molar-refractivity contribution in [3.63, 3.8) is 0 Å². The molecule has 106 valence electrons. The van der Waals surface area contributed by atoms with Crippen LogP contribution in [-0.2, 0) is 4.79 Å². The molecule has 0 unspecified atom stereocenters. The molecule has 0 heterocycles. The van der Waals surface area contributed by atoms with Crippen molar-refractivity contribution in [2.75, 3.05) is 0 Å². The van der Waals surface area contributed by atoms with Crippen molar-refractivity contribution >= 4 is 17.7 Å². The lowest BCUT2D eigenvalue weighted by atomic mass is 10.1. The van der Waals surface area contributed by atoms with E-state index in [9.17, 15) is 14.9 Å². The summed E-state index contributed by atoms with van der Waals surface area (Å²) < 4.78 is 5.18. The van der Waals surface area contributed by atoms with Crippen molar-refractivity contribution in [1.29, 1.82) is 0 Å². The number of rotatable bonds is 4. The number of nitro groups is 1. The predicted octanol–water partition coefficient (Wildman–Crippen LogP) is 3.60. The van der Waals surface area contributed by atoms with Gasteiger partial charge in [0.2, 0.25) is 0 Å². The van der Waals surface area contributed by atoms with Crippen molar-refractivity contribution in [2.45, 2.75) is 6.92 Å². The van der Waals surface area contributed by atoms with E-state index < -0.39 is 10.9 Å². The van der Waals surface area contributed by atoms with E-state index >= 15 is 0 Å². The van der Waals surface area contributed by atoms with Gasteiger partial charge in [-0.2, -0.15) is 0 Å². The normalized spacial score (nSPS) is 11.0. The number of nitro benzene ring substituents is 1. The number of carbonyl (C=O) groups excluding carboxylic acids is 1. The molecule has 5 heteroatoms. The van der Waals surface area contributed by atoms with Crippen LogP contribution in [0.25, 0.3) is 6.08 Å². The fraction of sp³-hybridized carbons (Fsp3) is 0.0625. The Morgan fingerprint density at radius 3 is 2.52 bits per heavy atom. The molecule has 0 saturated carbocycles. The third-order valence-corrected chi connectivity index (χ3v) is 2.74. The van der Waals surface area contributed by atoms with E-state index in [0.29, 0.717) is 16.9 Å². The molecule has 0 bridgehead atoms. The molecule has 0 aliphatic carbocycles.